The van der Waals surface area contributed by atoms with Crippen molar-refractivity contribution in [3.8, 4) is 35.2 Å². The Morgan fingerprint density at radius 2 is 1.72 bits per heavy atom. The molecule has 0 atom stereocenters. The Morgan fingerprint density at radius 1 is 0.938 bits per heavy atom. The molecule has 5 aromatic rings. The molecule has 0 aliphatic rings. The van der Waals surface area contributed by atoms with Gasteiger partial charge in [-0.15, -0.1) is 12.8 Å². The number of nitrogens with one attached hydrogen (secondary N) is 1. The summed E-state index contributed by atoms with van der Waals surface area (Å²) in [6.07, 6.45) is 20.9. The van der Waals surface area contributed by atoms with Gasteiger partial charge in [0.05, 0.1) is 29.1 Å². The number of fused-ring (bicyclic) bond motifs is 1. The smallest absolute Gasteiger partial charge is 0.155 e. The lowest BCUT2D eigenvalue weighted by molar-refractivity contribution is 0.611. The van der Waals surface area contributed by atoms with Crippen molar-refractivity contribution in [3.63, 3.8) is 0 Å². The number of nitrogens with two attached hydrogens (primary N) is 1. The van der Waals surface area contributed by atoms with E-state index in [1.807, 2.05) is 12.1 Å². The van der Waals surface area contributed by atoms with Gasteiger partial charge in [-0.2, -0.15) is 0 Å². The van der Waals surface area contributed by atoms with Crippen molar-refractivity contribution >= 4 is 16.7 Å². The summed E-state index contributed by atoms with van der Waals surface area (Å²) in [6.45, 7) is 0. The Labute approximate surface area is 182 Å². The lowest BCUT2D eigenvalue weighted by atomic mass is 10.1. The number of anilines is 1. The summed E-state index contributed by atoms with van der Waals surface area (Å²) < 4.78 is 15.2. The largest absolute Gasteiger partial charge is 0.397 e. The van der Waals surface area contributed by atoms with Crippen molar-refractivity contribution in [2.75, 3.05) is 5.73 Å². The van der Waals surface area contributed by atoms with Crippen molar-refractivity contribution in [2.24, 2.45) is 0 Å². The van der Waals surface area contributed by atoms with Gasteiger partial charge >= 0.3 is 0 Å². The number of nitrogen functional groups attached to an aromatic ring is 1. The Hall–Kier alpha value is -4.71. The Balaban J connectivity index is 0.00000119. The molecule has 32 heavy (non-hydrogen) atoms. The molecule has 0 radical (unpaired) electrons. The van der Waals surface area contributed by atoms with Crippen LogP contribution in [0.4, 0.5) is 10.1 Å². The highest BCUT2D eigenvalue weighted by Gasteiger charge is 2.18. The van der Waals surface area contributed by atoms with Crippen LogP contribution in [0, 0.1) is 18.7 Å². The average molecular weight is 424 g/mol. The number of hydrogen-bond donors (Lipinski definition) is 2. The monoisotopic (exact) mass is 424 g/mol. The normalized spacial score (nSPS) is 10.5. The van der Waals surface area contributed by atoms with E-state index >= 15 is 4.39 Å². The zero-order valence-corrected chi connectivity index (χ0v) is 16.8. The molecular weight excluding hydrogens is 407 g/mol. The van der Waals surface area contributed by atoms with Crippen LogP contribution < -0.4 is 5.73 Å². The van der Waals surface area contributed by atoms with Crippen LogP contribution in [-0.2, 0) is 6.42 Å². The molecule has 156 valence electrons. The molecule has 0 unspecified atom stereocenters. The van der Waals surface area contributed by atoms with E-state index in [1.165, 1.54) is 24.9 Å². The third-order valence-electron chi connectivity index (χ3n) is 4.75. The SMILES string of the molecule is C#C.Nc1cnc(-c2cncnc2)c(F)c1Cc1nc2c(-c3cccnc3)cncc2[nH]1. The summed E-state index contributed by atoms with van der Waals surface area (Å²) in [4.78, 5) is 28.3. The Morgan fingerprint density at radius 3 is 2.47 bits per heavy atom. The minimum atomic E-state index is -0.518. The molecule has 0 aliphatic heterocycles. The fourth-order valence-corrected chi connectivity index (χ4v) is 3.31. The van der Waals surface area contributed by atoms with Gasteiger partial charge in [0, 0.05) is 59.7 Å². The summed E-state index contributed by atoms with van der Waals surface area (Å²) in [5.41, 5.74) is 10.4. The van der Waals surface area contributed by atoms with Crippen LogP contribution in [0.1, 0.15) is 11.4 Å². The van der Waals surface area contributed by atoms with Gasteiger partial charge in [0.25, 0.3) is 0 Å². The minimum absolute atomic E-state index is 0.147. The van der Waals surface area contributed by atoms with E-state index in [0.717, 1.165) is 22.2 Å². The summed E-state index contributed by atoms with van der Waals surface area (Å²) in [7, 11) is 0. The number of H-pyrrole nitrogens is 1. The van der Waals surface area contributed by atoms with Crippen LogP contribution in [0.25, 0.3) is 33.4 Å². The second-order valence-corrected chi connectivity index (χ2v) is 6.67. The molecule has 0 amide bonds. The van der Waals surface area contributed by atoms with E-state index in [1.54, 1.807) is 24.8 Å². The molecule has 5 aromatic heterocycles. The molecule has 0 aromatic carbocycles. The lowest BCUT2D eigenvalue weighted by Crippen LogP contribution is -2.04. The highest BCUT2D eigenvalue weighted by atomic mass is 19.1. The fraction of sp³-hybridized carbons (Fsp3) is 0.0435. The number of halogens is 1. The van der Waals surface area contributed by atoms with Gasteiger partial charge in [0.15, 0.2) is 5.82 Å². The van der Waals surface area contributed by atoms with Crippen molar-refractivity contribution in [1.82, 2.24) is 34.9 Å². The number of hydrogen-bond acceptors (Lipinski definition) is 7. The fourth-order valence-electron chi connectivity index (χ4n) is 3.31. The summed E-state index contributed by atoms with van der Waals surface area (Å²) in [6, 6.07) is 3.79. The van der Waals surface area contributed by atoms with Gasteiger partial charge in [-0.05, 0) is 6.07 Å². The van der Waals surface area contributed by atoms with Crippen molar-refractivity contribution in [2.45, 2.75) is 6.42 Å². The predicted octanol–water partition coefficient (Wildman–Crippen LogP) is 3.43. The molecule has 0 aliphatic carbocycles. The maximum absolute atomic E-state index is 15.2. The third kappa shape index (κ3) is 3.85. The molecule has 0 saturated heterocycles. The van der Waals surface area contributed by atoms with Crippen LogP contribution in [0.2, 0.25) is 0 Å². The van der Waals surface area contributed by atoms with E-state index in [9.17, 15) is 0 Å². The maximum Gasteiger partial charge on any atom is 0.155 e. The van der Waals surface area contributed by atoms with Crippen LogP contribution in [0.15, 0.2) is 61.8 Å². The first-order valence-corrected chi connectivity index (χ1v) is 9.45. The quantitative estimate of drug-likeness (QED) is 0.424. The van der Waals surface area contributed by atoms with E-state index in [4.69, 9.17) is 5.73 Å². The van der Waals surface area contributed by atoms with Crippen molar-refractivity contribution < 1.29 is 4.39 Å². The Kier molecular flexibility index (Phi) is 5.76. The van der Waals surface area contributed by atoms with Crippen LogP contribution in [-0.4, -0.2) is 34.9 Å². The summed E-state index contributed by atoms with van der Waals surface area (Å²) >= 11 is 0. The molecule has 5 heterocycles. The topological polar surface area (TPSA) is 119 Å². The zero-order chi connectivity index (χ0) is 22.5. The van der Waals surface area contributed by atoms with Gasteiger partial charge in [-0.1, -0.05) is 6.07 Å². The lowest BCUT2D eigenvalue weighted by Gasteiger charge is -2.09. The number of aromatic nitrogens is 7. The second kappa shape index (κ2) is 8.97. The second-order valence-electron chi connectivity index (χ2n) is 6.67. The third-order valence-corrected chi connectivity index (χ3v) is 4.75. The molecule has 0 saturated carbocycles. The first-order chi connectivity index (χ1) is 15.7. The van der Waals surface area contributed by atoms with E-state index in [0.29, 0.717) is 17.0 Å². The minimum Gasteiger partial charge on any atom is -0.397 e. The van der Waals surface area contributed by atoms with Gasteiger partial charge in [0.1, 0.15) is 17.8 Å². The number of aromatic amines is 1. The Bertz CT molecular complexity index is 1380. The molecule has 5 rings (SSSR count). The molecule has 8 nitrogen and oxygen atoms in total. The standard InChI is InChI=1S/C21H15FN8.C2H2/c22-19-14(16(23)9-28-20(19)13-6-26-11-27-7-13)4-18-29-17-10-25-8-15(21(17)30-18)12-2-1-3-24-5-12;1-2/h1-3,5-11H,4,23H2,(H,29,30);1-2H. The van der Waals surface area contributed by atoms with E-state index in [-0.39, 0.29) is 17.8 Å². The van der Waals surface area contributed by atoms with Crippen molar-refractivity contribution in [3.05, 3.63) is 79.0 Å². The molecular formula is C23H17FN8. The van der Waals surface area contributed by atoms with Crippen LogP contribution >= 0.6 is 0 Å². The maximum atomic E-state index is 15.2. The van der Waals surface area contributed by atoms with Gasteiger partial charge in [-0.3, -0.25) is 15.0 Å². The number of nitrogens with zero attached hydrogens (tertiary/aromatic N) is 6. The highest BCUT2D eigenvalue weighted by Crippen LogP contribution is 2.29. The number of imidazole rings is 1. The van der Waals surface area contributed by atoms with Crippen molar-refractivity contribution in [1.29, 1.82) is 0 Å². The molecule has 0 bridgehead atoms. The van der Waals surface area contributed by atoms with E-state index in [2.05, 4.69) is 47.7 Å². The highest BCUT2D eigenvalue weighted by molar-refractivity contribution is 5.90. The van der Waals surface area contributed by atoms with Crippen LogP contribution in [0.3, 0.4) is 0 Å². The molecule has 0 spiro atoms. The molecule has 0 fully saturated rings. The average Bonchev–Trinajstić information content (AvgIpc) is 3.27. The van der Waals surface area contributed by atoms with E-state index < -0.39 is 5.82 Å². The van der Waals surface area contributed by atoms with Gasteiger partial charge < -0.3 is 10.7 Å². The number of terminal acetylenes is 1. The number of rotatable bonds is 4. The van der Waals surface area contributed by atoms with Gasteiger partial charge in [0.2, 0.25) is 0 Å². The summed E-state index contributed by atoms with van der Waals surface area (Å²) in [5, 5.41) is 0. The summed E-state index contributed by atoms with van der Waals surface area (Å²) in [5.74, 6) is 0.0473. The number of pyridine rings is 3. The molecule has 9 heteroatoms. The predicted molar refractivity (Wildman–Crippen MR) is 119 cm³/mol. The van der Waals surface area contributed by atoms with Gasteiger partial charge in [-0.25, -0.2) is 19.3 Å². The molecule has 3 N–H and O–H groups in total. The first-order valence-electron chi connectivity index (χ1n) is 9.45. The zero-order valence-electron chi connectivity index (χ0n) is 16.8. The van der Waals surface area contributed by atoms with Crippen LogP contribution in [0.5, 0.6) is 0 Å². The first kappa shape index (κ1) is 20.6.